The van der Waals surface area contributed by atoms with Gasteiger partial charge in [0.15, 0.2) is 0 Å². The molecular weight excluding hydrogens is 234 g/mol. The monoisotopic (exact) mass is 251 g/mol. The summed E-state index contributed by atoms with van der Waals surface area (Å²) in [5.74, 6) is -1.22. The van der Waals surface area contributed by atoms with Gasteiger partial charge in [-0.2, -0.15) is 0 Å². The predicted octanol–water partition coefficient (Wildman–Crippen LogP) is 0.990. The molecule has 6 nitrogen and oxygen atoms in total. The molecule has 1 rings (SSSR count). The van der Waals surface area contributed by atoms with Gasteiger partial charge in [0.05, 0.1) is 12.2 Å². The van der Waals surface area contributed by atoms with Crippen LogP contribution >= 0.6 is 0 Å². The molecule has 0 saturated heterocycles. The van der Waals surface area contributed by atoms with E-state index in [0.29, 0.717) is 5.69 Å². The summed E-state index contributed by atoms with van der Waals surface area (Å²) in [6.45, 7) is 3.73. The lowest BCUT2D eigenvalue weighted by Crippen LogP contribution is -2.48. The van der Waals surface area contributed by atoms with E-state index < -0.39 is 18.0 Å². The molecule has 2 amide bonds. The minimum Gasteiger partial charge on any atom is -0.480 e. The van der Waals surface area contributed by atoms with Crippen molar-refractivity contribution in [2.75, 3.05) is 0 Å². The molecule has 0 aliphatic carbocycles. The Morgan fingerprint density at radius 1 is 1.39 bits per heavy atom. The van der Waals surface area contributed by atoms with Crippen molar-refractivity contribution >= 4 is 12.0 Å². The Bertz CT molecular complexity index is 406. The first kappa shape index (κ1) is 14.0. The molecule has 0 saturated carbocycles. The Balaban J connectivity index is 2.44. The second kappa shape index (κ2) is 6.58. The molecule has 3 N–H and O–H groups in total. The summed E-state index contributed by atoms with van der Waals surface area (Å²) in [4.78, 5) is 26.5. The summed E-state index contributed by atoms with van der Waals surface area (Å²) in [6.07, 6.45) is 1.63. The molecule has 98 valence electrons. The van der Waals surface area contributed by atoms with Gasteiger partial charge in [-0.05, 0) is 18.1 Å². The molecule has 0 bridgehead atoms. The highest BCUT2D eigenvalue weighted by Crippen LogP contribution is 2.01. The second-order valence-electron chi connectivity index (χ2n) is 4.21. The molecule has 6 heteroatoms. The minimum absolute atomic E-state index is 0.178. The van der Waals surface area contributed by atoms with Crippen molar-refractivity contribution in [3.63, 3.8) is 0 Å². The smallest absolute Gasteiger partial charge is 0.326 e. The van der Waals surface area contributed by atoms with Crippen molar-refractivity contribution in [1.82, 2.24) is 15.6 Å². The number of nitrogens with one attached hydrogen (secondary N) is 2. The van der Waals surface area contributed by atoms with Crippen molar-refractivity contribution < 1.29 is 14.7 Å². The summed E-state index contributed by atoms with van der Waals surface area (Å²) in [5.41, 5.74) is 0.712. The molecule has 1 aromatic rings. The Morgan fingerprint density at radius 3 is 2.61 bits per heavy atom. The standard InChI is InChI=1S/C12H17N3O3/c1-8(2)10(11(16)17)15-12(18)14-7-9-5-3-4-6-13-9/h3-6,8,10H,7H2,1-2H3,(H,16,17)(H2,14,15,18)/t10-/m1/s1. The van der Waals surface area contributed by atoms with Gasteiger partial charge in [0.2, 0.25) is 0 Å². The van der Waals surface area contributed by atoms with Crippen molar-refractivity contribution in [2.45, 2.75) is 26.4 Å². The Morgan fingerprint density at radius 2 is 2.11 bits per heavy atom. The van der Waals surface area contributed by atoms with Gasteiger partial charge in [0, 0.05) is 6.20 Å². The molecule has 0 spiro atoms. The van der Waals surface area contributed by atoms with Crippen LogP contribution in [-0.4, -0.2) is 28.1 Å². The summed E-state index contributed by atoms with van der Waals surface area (Å²) >= 11 is 0. The maximum absolute atomic E-state index is 11.5. The van der Waals surface area contributed by atoms with Crippen LogP contribution in [0.2, 0.25) is 0 Å². The van der Waals surface area contributed by atoms with Gasteiger partial charge in [-0.25, -0.2) is 9.59 Å². The van der Waals surface area contributed by atoms with Gasteiger partial charge in [0.25, 0.3) is 0 Å². The van der Waals surface area contributed by atoms with Crippen molar-refractivity contribution in [1.29, 1.82) is 0 Å². The SMILES string of the molecule is CC(C)[C@@H](NC(=O)NCc1ccccn1)C(=O)O. The van der Waals surface area contributed by atoms with Gasteiger partial charge in [0.1, 0.15) is 6.04 Å². The highest BCUT2D eigenvalue weighted by Gasteiger charge is 2.23. The molecular formula is C12H17N3O3. The molecule has 18 heavy (non-hydrogen) atoms. The third-order valence-corrected chi connectivity index (χ3v) is 2.38. The zero-order valence-corrected chi connectivity index (χ0v) is 10.4. The van der Waals surface area contributed by atoms with E-state index in [2.05, 4.69) is 15.6 Å². The maximum Gasteiger partial charge on any atom is 0.326 e. The number of carbonyl (C=O) groups excluding carboxylic acids is 1. The summed E-state index contributed by atoms with van der Waals surface area (Å²) in [7, 11) is 0. The number of pyridine rings is 1. The normalized spacial score (nSPS) is 11.9. The largest absolute Gasteiger partial charge is 0.480 e. The molecule has 0 aliphatic rings. The Hall–Kier alpha value is -2.11. The van der Waals surface area contributed by atoms with Gasteiger partial charge < -0.3 is 15.7 Å². The number of carbonyl (C=O) groups is 2. The summed E-state index contributed by atoms with van der Waals surface area (Å²) in [6, 6.07) is 3.96. The number of carboxylic acid groups (broad SMARTS) is 1. The Labute approximate surface area is 105 Å². The first-order chi connectivity index (χ1) is 8.50. The summed E-state index contributed by atoms with van der Waals surface area (Å²) < 4.78 is 0. The molecule has 0 aliphatic heterocycles. The maximum atomic E-state index is 11.5. The molecule has 0 aromatic carbocycles. The second-order valence-corrected chi connectivity index (χ2v) is 4.21. The number of rotatable bonds is 5. The topological polar surface area (TPSA) is 91.3 Å². The average Bonchev–Trinajstić information content (AvgIpc) is 2.34. The van der Waals surface area contributed by atoms with Gasteiger partial charge >= 0.3 is 12.0 Å². The number of aliphatic carboxylic acids is 1. The molecule has 1 aromatic heterocycles. The van der Waals surface area contributed by atoms with Gasteiger partial charge in [-0.15, -0.1) is 0 Å². The van der Waals surface area contributed by atoms with Crippen LogP contribution in [0.4, 0.5) is 4.79 Å². The van der Waals surface area contributed by atoms with Crippen LogP contribution in [0.15, 0.2) is 24.4 Å². The van der Waals surface area contributed by atoms with Crippen LogP contribution in [0, 0.1) is 5.92 Å². The van der Waals surface area contributed by atoms with E-state index >= 15 is 0 Å². The third-order valence-electron chi connectivity index (χ3n) is 2.38. The number of hydrogen-bond donors (Lipinski definition) is 3. The Kier molecular flexibility index (Phi) is 5.10. The van der Waals surface area contributed by atoms with Gasteiger partial charge in [-0.1, -0.05) is 19.9 Å². The predicted molar refractivity (Wildman–Crippen MR) is 65.9 cm³/mol. The number of urea groups is 1. The zero-order chi connectivity index (χ0) is 13.5. The van der Waals surface area contributed by atoms with E-state index in [9.17, 15) is 9.59 Å². The number of amides is 2. The van der Waals surface area contributed by atoms with Gasteiger partial charge in [-0.3, -0.25) is 4.98 Å². The molecule has 0 fully saturated rings. The average molecular weight is 251 g/mol. The highest BCUT2D eigenvalue weighted by atomic mass is 16.4. The zero-order valence-electron chi connectivity index (χ0n) is 10.4. The van der Waals surface area contributed by atoms with Crippen LogP contribution in [0.25, 0.3) is 0 Å². The fourth-order valence-electron chi connectivity index (χ4n) is 1.38. The van der Waals surface area contributed by atoms with E-state index in [-0.39, 0.29) is 12.5 Å². The van der Waals surface area contributed by atoms with Crippen molar-refractivity contribution in [3.8, 4) is 0 Å². The lowest BCUT2D eigenvalue weighted by atomic mass is 10.1. The summed E-state index contributed by atoms with van der Waals surface area (Å²) in [5, 5.41) is 13.9. The number of carboxylic acids is 1. The van der Waals surface area contributed by atoms with Crippen LogP contribution in [-0.2, 0) is 11.3 Å². The number of nitrogens with zero attached hydrogens (tertiary/aromatic N) is 1. The van der Waals surface area contributed by atoms with E-state index in [1.54, 1.807) is 32.2 Å². The fraction of sp³-hybridized carbons (Fsp3) is 0.417. The first-order valence-corrected chi connectivity index (χ1v) is 5.67. The van der Waals surface area contributed by atoms with E-state index in [1.165, 1.54) is 0 Å². The molecule has 0 unspecified atom stereocenters. The van der Waals surface area contributed by atoms with Crippen LogP contribution in [0.5, 0.6) is 0 Å². The third kappa shape index (κ3) is 4.40. The highest BCUT2D eigenvalue weighted by molar-refractivity contribution is 5.82. The van der Waals surface area contributed by atoms with E-state index in [0.717, 1.165) is 0 Å². The van der Waals surface area contributed by atoms with Crippen LogP contribution in [0.3, 0.4) is 0 Å². The van der Waals surface area contributed by atoms with Crippen LogP contribution in [0.1, 0.15) is 19.5 Å². The first-order valence-electron chi connectivity index (χ1n) is 5.67. The molecule has 1 heterocycles. The quantitative estimate of drug-likeness (QED) is 0.727. The molecule has 1 atom stereocenters. The van der Waals surface area contributed by atoms with Crippen molar-refractivity contribution in [2.24, 2.45) is 5.92 Å². The van der Waals surface area contributed by atoms with Crippen molar-refractivity contribution in [3.05, 3.63) is 30.1 Å². The van der Waals surface area contributed by atoms with Crippen LogP contribution < -0.4 is 10.6 Å². The van der Waals surface area contributed by atoms with E-state index in [4.69, 9.17) is 5.11 Å². The lowest BCUT2D eigenvalue weighted by molar-refractivity contribution is -0.140. The fourth-order valence-corrected chi connectivity index (χ4v) is 1.38. The lowest BCUT2D eigenvalue weighted by Gasteiger charge is -2.18. The molecule has 0 radical (unpaired) electrons. The number of aromatic nitrogens is 1. The van der Waals surface area contributed by atoms with E-state index in [1.807, 2.05) is 6.07 Å². The minimum atomic E-state index is -1.04. The number of hydrogen-bond acceptors (Lipinski definition) is 3.